The Balaban J connectivity index is 0.00000210. The lowest BCUT2D eigenvalue weighted by Gasteiger charge is -2.26. The van der Waals surface area contributed by atoms with E-state index in [0.717, 1.165) is 11.1 Å². The van der Waals surface area contributed by atoms with Crippen molar-refractivity contribution >= 4 is 40.6 Å². The molecule has 1 fully saturated rings. The number of amides is 1. The molecule has 1 aliphatic rings. The van der Waals surface area contributed by atoms with Gasteiger partial charge in [0.05, 0.1) is 11.5 Å². The molecule has 160 valence electrons. The molecule has 1 heterocycles. The molecule has 2 aromatic rings. The molecule has 1 saturated heterocycles. The first kappa shape index (κ1) is 25.4. The van der Waals surface area contributed by atoms with Crippen molar-refractivity contribution in [2.45, 2.75) is 12.6 Å². The smallest absolute Gasteiger partial charge is 0.251 e. The van der Waals surface area contributed by atoms with Crippen molar-refractivity contribution in [1.29, 1.82) is 0 Å². The summed E-state index contributed by atoms with van der Waals surface area (Å²) in [7, 11) is -2.89. The fourth-order valence-electron chi connectivity index (χ4n) is 3.10. The molecule has 3 rings (SSSR count). The summed E-state index contributed by atoms with van der Waals surface area (Å²) in [6.07, 6.45) is 0. The normalized spacial score (nSPS) is 16.7. The van der Waals surface area contributed by atoms with Crippen LogP contribution in [0.2, 0.25) is 0 Å². The highest BCUT2D eigenvalue weighted by Crippen LogP contribution is 2.13. The second-order valence-electron chi connectivity index (χ2n) is 6.86. The van der Waals surface area contributed by atoms with Gasteiger partial charge in [0.15, 0.2) is 9.84 Å². The number of nitrogens with one attached hydrogen (secondary N) is 1. The number of sulfone groups is 1. The lowest BCUT2D eigenvalue weighted by molar-refractivity contribution is 0.0951. The van der Waals surface area contributed by atoms with Crippen molar-refractivity contribution in [3.63, 3.8) is 0 Å². The van der Waals surface area contributed by atoms with E-state index in [1.807, 2.05) is 48.5 Å². The maximum Gasteiger partial charge on any atom is 0.251 e. The van der Waals surface area contributed by atoms with Crippen molar-refractivity contribution in [1.82, 2.24) is 10.2 Å². The standard InChI is InChI=1S/C20H25N3O3S.2ClH/c21-19(17-6-2-1-3-7-17)14-22-20(24)18-8-4-5-16(13-18)15-23-9-11-27(25,26)12-10-23;;/h1-8,13,19H,9-12,14-15,21H2,(H,22,24);2*1H. The van der Waals surface area contributed by atoms with E-state index < -0.39 is 9.84 Å². The quantitative estimate of drug-likeness (QED) is 0.690. The van der Waals surface area contributed by atoms with Gasteiger partial charge in [-0.15, -0.1) is 24.8 Å². The fraction of sp³-hybridized carbons (Fsp3) is 0.350. The molecule has 0 radical (unpaired) electrons. The Hall–Kier alpha value is -1.64. The van der Waals surface area contributed by atoms with Gasteiger partial charge in [0, 0.05) is 37.8 Å². The minimum atomic E-state index is -2.89. The minimum Gasteiger partial charge on any atom is -0.350 e. The third kappa shape index (κ3) is 7.60. The average molecular weight is 460 g/mol. The lowest BCUT2D eigenvalue weighted by atomic mass is 10.1. The first-order valence-corrected chi connectivity index (χ1v) is 10.9. The van der Waals surface area contributed by atoms with E-state index in [0.29, 0.717) is 31.7 Å². The van der Waals surface area contributed by atoms with Gasteiger partial charge >= 0.3 is 0 Å². The molecule has 9 heteroatoms. The highest BCUT2D eigenvalue weighted by molar-refractivity contribution is 7.91. The van der Waals surface area contributed by atoms with Gasteiger partial charge in [-0.2, -0.15) is 0 Å². The van der Waals surface area contributed by atoms with Crippen molar-refractivity contribution in [3.8, 4) is 0 Å². The first-order chi connectivity index (χ1) is 12.9. The van der Waals surface area contributed by atoms with Crippen molar-refractivity contribution in [3.05, 3.63) is 71.3 Å². The lowest BCUT2D eigenvalue weighted by Crippen LogP contribution is -2.39. The first-order valence-electron chi connectivity index (χ1n) is 9.03. The fourth-order valence-corrected chi connectivity index (χ4v) is 4.38. The average Bonchev–Trinajstić information content (AvgIpc) is 2.68. The minimum absolute atomic E-state index is 0. The summed E-state index contributed by atoms with van der Waals surface area (Å²) >= 11 is 0. The number of benzene rings is 2. The molecule has 1 amide bonds. The van der Waals surface area contributed by atoms with E-state index in [1.165, 1.54) is 0 Å². The predicted molar refractivity (Wildman–Crippen MR) is 121 cm³/mol. The van der Waals surface area contributed by atoms with E-state index in [4.69, 9.17) is 5.73 Å². The van der Waals surface area contributed by atoms with Crippen LogP contribution in [0, 0.1) is 0 Å². The molecular weight excluding hydrogens is 433 g/mol. The summed E-state index contributed by atoms with van der Waals surface area (Å²) < 4.78 is 23.1. The van der Waals surface area contributed by atoms with Crippen LogP contribution < -0.4 is 11.1 Å². The van der Waals surface area contributed by atoms with Crippen LogP contribution in [0.5, 0.6) is 0 Å². The highest BCUT2D eigenvalue weighted by atomic mass is 35.5. The van der Waals surface area contributed by atoms with Crippen LogP contribution >= 0.6 is 24.8 Å². The van der Waals surface area contributed by atoms with E-state index in [9.17, 15) is 13.2 Å². The van der Waals surface area contributed by atoms with Gasteiger partial charge in [0.1, 0.15) is 0 Å². The molecule has 0 saturated carbocycles. The molecular formula is C20H27Cl2N3O3S. The van der Waals surface area contributed by atoms with Crippen LogP contribution in [0.1, 0.15) is 27.5 Å². The number of hydrogen-bond donors (Lipinski definition) is 2. The van der Waals surface area contributed by atoms with Gasteiger partial charge in [-0.25, -0.2) is 8.42 Å². The second kappa shape index (κ2) is 11.5. The molecule has 29 heavy (non-hydrogen) atoms. The summed E-state index contributed by atoms with van der Waals surface area (Å²) in [5.74, 6) is 0.235. The zero-order valence-electron chi connectivity index (χ0n) is 16.0. The largest absolute Gasteiger partial charge is 0.350 e. The van der Waals surface area contributed by atoms with E-state index in [2.05, 4.69) is 10.2 Å². The van der Waals surface area contributed by atoms with Crippen molar-refractivity contribution < 1.29 is 13.2 Å². The van der Waals surface area contributed by atoms with Crippen LogP contribution in [0.25, 0.3) is 0 Å². The van der Waals surface area contributed by atoms with Crippen molar-refractivity contribution in [2.24, 2.45) is 5.73 Å². The Morgan fingerprint density at radius 2 is 1.69 bits per heavy atom. The summed E-state index contributed by atoms with van der Waals surface area (Å²) in [5, 5.41) is 2.88. The number of carbonyl (C=O) groups excluding carboxylic acids is 1. The Bertz CT molecular complexity index is 881. The van der Waals surface area contributed by atoms with Crippen LogP contribution in [-0.4, -0.2) is 50.4 Å². The third-order valence-corrected chi connectivity index (χ3v) is 6.35. The second-order valence-corrected chi connectivity index (χ2v) is 9.16. The molecule has 2 aromatic carbocycles. The molecule has 3 N–H and O–H groups in total. The van der Waals surface area contributed by atoms with Gasteiger partial charge < -0.3 is 11.1 Å². The van der Waals surface area contributed by atoms with Gasteiger partial charge in [-0.1, -0.05) is 42.5 Å². The monoisotopic (exact) mass is 459 g/mol. The molecule has 1 unspecified atom stereocenters. The van der Waals surface area contributed by atoms with Crippen molar-refractivity contribution in [2.75, 3.05) is 31.1 Å². The van der Waals surface area contributed by atoms with E-state index in [1.54, 1.807) is 6.07 Å². The van der Waals surface area contributed by atoms with Crippen LogP contribution in [0.4, 0.5) is 0 Å². The highest BCUT2D eigenvalue weighted by Gasteiger charge is 2.21. The van der Waals surface area contributed by atoms with Gasteiger partial charge in [0.2, 0.25) is 0 Å². The summed E-state index contributed by atoms with van der Waals surface area (Å²) in [6.45, 7) is 2.06. The molecule has 1 atom stereocenters. The Labute approximate surface area is 184 Å². The Morgan fingerprint density at radius 3 is 2.34 bits per heavy atom. The van der Waals surface area contributed by atoms with Gasteiger partial charge in [0.25, 0.3) is 5.91 Å². The topological polar surface area (TPSA) is 92.5 Å². The maximum atomic E-state index is 12.5. The molecule has 1 aliphatic heterocycles. The summed E-state index contributed by atoms with van der Waals surface area (Å²) in [6, 6.07) is 16.8. The molecule has 6 nitrogen and oxygen atoms in total. The molecule has 0 aromatic heterocycles. The zero-order valence-corrected chi connectivity index (χ0v) is 18.4. The van der Waals surface area contributed by atoms with Crippen LogP contribution in [0.15, 0.2) is 54.6 Å². The number of hydrogen-bond acceptors (Lipinski definition) is 5. The number of carbonyl (C=O) groups is 1. The molecule has 0 aliphatic carbocycles. The third-order valence-electron chi connectivity index (χ3n) is 4.74. The number of nitrogens with two attached hydrogens (primary N) is 1. The Morgan fingerprint density at radius 1 is 1.03 bits per heavy atom. The predicted octanol–water partition coefficient (Wildman–Crippen LogP) is 2.19. The number of rotatable bonds is 6. The number of halogens is 2. The van der Waals surface area contributed by atoms with Crippen LogP contribution in [0.3, 0.4) is 0 Å². The summed E-state index contributed by atoms with van der Waals surface area (Å²) in [4.78, 5) is 14.6. The molecule has 0 spiro atoms. The molecule has 0 bridgehead atoms. The SMILES string of the molecule is Cl.Cl.NC(CNC(=O)c1cccc(CN2CCS(=O)(=O)CC2)c1)c1ccccc1. The maximum absolute atomic E-state index is 12.5. The zero-order chi connectivity index (χ0) is 19.3. The van der Waals surface area contributed by atoms with Gasteiger partial charge in [-0.3, -0.25) is 9.69 Å². The summed E-state index contributed by atoms with van der Waals surface area (Å²) in [5.41, 5.74) is 8.68. The van der Waals surface area contributed by atoms with E-state index in [-0.39, 0.29) is 48.3 Å². The number of nitrogens with zero attached hydrogens (tertiary/aromatic N) is 1. The van der Waals surface area contributed by atoms with Crippen LogP contribution in [-0.2, 0) is 16.4 Å². The van der Waals surface area contributed by atoms with Gasteiger partial charge in [-0.05, 0) is 23.3 Å². The Kier molecular flexibility index (Phi) is 10.1. The van der Waals surface area contributed by atoms with E-state index >= 15 is 0 Å².